The van der Waals surface area contributed by atoms with Gasteiger partial charge in [-0.05, 0) is 18.2 Å². The van der Waals surface area contributed by atoms with Crippen molar-refractivity contribution in [3.05, 3.63) is 64.0 Å². The number of nitrogens with zero attached hydrogens (tertiary/aromatic N) is 2. The SMILES string of the molecule is O=C(O)c1ncccc1COc1ccc([N+](=O)[O-])cc1. The molecule has 0 aliphatic heterocycles. The summed E-state index contributed by atoms with van der Waals surface area (Å²) >= 11 is 0. The van der Waals surface area contributed by atoms with E-state index < -0.39 is 10.9 Å². The van der Waals surface area contributed by atoms with Crippen molar-refractivity contribution in [3.63, 3.8) is 0 Å². The molecule has 0 radical (unpaired) electrons. The Bertz CT molecular complexity index is 639. The van der Waals surface area contributed by atoms with Crippen LogP contribution in [0.2, 0.25) is 0 Å². The molecule has 0 bridgehead atoms. The summed E-state index contributed by atoms with van der Waals surface area (Å²) in [5, 5.41) is 19.5. The van der Waals surface area contributed by atoms with Gasteiger partial charge in [0.25, 0.3) is 5.69 Å². The molecule has 1 aromatic carbocycles. The third kappa shape index (κ3) is 3.08. The second-order valence-electron chi connectivity index (χ2n) is 3.86. The van der Waals surface area contributed by atoms with E-state index in [0.29, 0.717) is 11.3 Å². The average Bonchev–Trinajstić information content (AvgIpc) is 2.45. The van der Waals surface area contributed by atoms with Gasteiger partial charge in [-0.3, -0.25) is 10.1 Å². The second kappa shape index (κ2) is 5.79. The highest BCUT2D eigenvalue weighted by Crippen LogP contribution is 2.18. The number of carbonyl (C=O) groups is 1. The van der Waals surface area contributed by atoms with Gasteiger partial charge in [0.2, 0.25) is 0 Å². The number of non-ortho nitro benzene ring substituents is 1. The summed E-state index contributed by atoms with van der Waals surface area (Å²) in [7, 11) is 0. The van der Waals surface area contributed by atoms with Crippen molar-refractivity contribution >= 4 is 11.7 Å². The molecule has 1 N–H and O–H groups in total. The molecule has 1 heterocycles. The lowest BCUT2D eigenvalue weighted by Crippen LogP contribution is -2.07. The summed E-state index contributed by atoms with van der Waals surface area (Å²) in [6.07, 6.45) is 1.39. The molecule has 1 aromatic heterocycles. The molecular formula is C13H10N2O5. The molecule has 7 nitrogen and oxygen atoms in total. The molecule has 7 heteroatoms. The quantitative estimate of drug-likeness (QED) is 0.662. The fourth-order valence-corrected chi connectivity index (χ4v) is 1.57. The number of nitro benzene ring substituents is 1. The molecule has 0 saturated heterocycles. The van der Waals surface area contributed by atoms with Crippen molar-refractivity contribution in [2.24, 2.45) is 0 Å². The molecular weight excluding hydrogens is 264 g/mol. The van der Waals surface area contributed by atoms with Gasteiger partial charge in [-0.25, -0.2) is 9.78 Å². The summed E-state index contributed by atoms with van der Waals surface area (Å²) in [6, 6.07) is 8.75. The molecule has 0 unspecified atom stereocenters. The summed E-state index contributed by atoms with van der Waals surface area (Å²) in [6.45, 7) is 0.0211. The normalized spacial score (nSPS) is 10.0. The summed E-state index contributed by atoms with van der Waals surface area (Å²) in [4.78, 5) is 24.7. The van der Waals surface area contributed by atoms with Crippen LogP contribution in [0.3, 0.4) is 0 Å². The Morgan fingerprint density at radius 2 is 2.00 bits per heavy atom. The predicted molar refractivity (Wildman–Crippen MR) is 68.6 cm³/mol. The largest absolute Gasteiger partial charge is 0.489 e. The fourth-order valence-electron chi connectivity index (χ4n) is 1.57. The first-order valence-corrected chi connectivity index (χ1v) is 5.62. The monoisotopic (exact) mass is 274 g/mol. The number of hydrogen-bond acceptors (Lipinski definition) is 5. The summed E-state index contributed by atoms with van der Waals surface area (Å²) < 4.78 is 5.39. The number of pyridine rings is 1. The third-order valence-corrected chi connectivity index (χ3v) is 2.54. The van der Waals surface area contributed by atoms with Crippen LogP contribution in [0.4, 0.5) is 5.69 Å². The van der Waals surface area contributed by atoms with Crippen molar-refractivity contribution in [3.8, 4) is 5.75 Å². The van der Waals surface area contributed by atoms with Crippen LogP contribution in [0.25, 0.3) is 0 Å². The molecule has 0 spiro atoms. The van der Waals surface area contributed by atoms with Gasteiger partial charge in [-0.15, -0.1) is 0 Å². The van der Waals surface area contributed by atoms with Gasteiger partial charge in [0.1, 0.15) is 12.4 Å². The molecule has 2 aromatic rings. The molecule has 102 valence electrons. The van der Waals surface area contributed by atoms with Crippen molar-refractivity contribution in [1.82, 2.24) is 4.98 Å². The zero-order chi connectivity index (χ0) is 14.5. The molecule has 0 aliphatic carbocycles. The maximum atomic E-state index is 11.0. The van der Waals surface area contributed by atoms with E-state index in [0.717, 1.165) is 0 Å². The van der Waals surface area contributed by atoms with Gasteiger partial charge in [0, 0.05) is 23.9 Å². The van der Waals surface area contributed by atoms with E-state index in [1.165, 1.54) is 30.5 Å². The van der Waals surface area contributed by atoms with Crippen LogP contribution < -0.4 is 4.74 Å². The van der Waals surface area contributed by atoms with Crippen LogP contribution in [0.15, 0.2) is 42.6 Å². The molecule has 20 heavy (non-hydrogen) atoms. The van der Waals surface area contributed by atoms with Crippen molar-refractivity contribution < 1.29 is 19.6 Å². The van der Waals surface area contributed by atoms with Crippen LogP contribution in [-0.4, -0.2) is 21.0 Å². The summed E-state index contributed by atoms with van der Waals surface area (Å²) in [5.74, 6) is -0.719. The Kier molecular flexibility index (Phi) is 3.90. The Hall–Kier alpha value is -2.96. The van der Waals surface area contributed by atoms with E-state index in [4.69, 9.17) is 9.84 Å². The number of ether oxygens (including phenoxy) is 1. The van der Waals surface area contributed by atoms with E-state index in [2.05, 4.69) is 4.98 Å². The number of hydrogen-bond donors (Lipinski definition) is 1. The smallest absolute Gasteiger partial charge is 0.354 e. The van der Waals surface area contributed by atoms with E-state index in [-0.39, 0.29) is 18.0 Å². The van der Waals surface area contributed by atoms with Gasteiger partial charge in [-0.1, -0.05) is 6.07 Å². The molecule has 0 aliphatic rings. The van der Waals surface area contributed by atoms with Crippen LogP contribution in [0.1, 0.15) is 16.1 Å². The number of nitro groups is 1. The maximum Gasteiger partial charge on any atom is 0.354 e. The fraction of sp³-hybridized carbons (Fsp3) is 0.0769. The van der Waals surface area contributed by atoms with Gasteiger partial charge in [-0.2, -0.15) is 0 Å². The second-order valence-corrected chi connectivity index (χ2v) is 3.86. The number of rotatable bonds is 5. The third-order valence-electron chi connectivity index (χ3n) is 2.54. The highest BCUT2D eigenvalue weighted by molar-refractivity contribution is 5.86. The molecule has 0 amide bonds. The number of carboxylic acid groups (broad SMARTS) is 1. The van der Waals surface area contributed by atoms with E-state index in [1.807, 2.05) is 0 Å². The molecule has 0 saturated carbocycles. The Morgan fingerprint density at radius 3 is 2.60 bits per heavy atom. The first kappa shape index (κ1) is 13.5. The minimum Gasteiger partial charge on any atom is -0.489 e. The van der Waals surface area contributed by atoms with Crippen LogP contribution in [0.5, 0.6) is 5.75 Å². The lowest BCUT2D eigenvalue weighted by Gasteiger charge is -2.07. The minimum atomic E-state index is -1.13. The number of aromatic carboxylic acids is 1. The lowest BCUT2D eigenvalue weighted by atomic mass is 10.2. The van der Waals surface area contributed by atoms with Crippen LogP contribution in [-0.2, 0) is 6.61 Å². The topological polar surface area (TPSA) is 103 Å². The van der Waals surface area contributed by atoms with E-state index in [9.17, 15) is 14.9 Å². The standard InChI is InChI=1S/C13H10N2O5/c16-13(17)12-9(2-1-7-14-12)8-20-11-5-3-10(4-6-11)15(18)19/h1-7H,8H2,(H,16,17). The van der Waals surface area contributed by atoms with Gasteiger partial charge in [0.05, 0.1) is 4.92 Å². The first-order chi connectivity index (χ1) is 9.58. The van der Waals surface area contributed by atoms with Gasteiger partial charge >= 0.3 is 5.97 Å². The number of carboxylic acids is 1. The van der Waals surface area contributed by atoms with Gasteiger partial charge in [0.15, 0.2) is 5.69 Å². The molecule has 2 rings (SSSR count). The van der Waals surface area contributed by atoms with Crippen molar-refractivity contribution in [2.45, 2.75) is 6.61 Å². The zero-order valence-corrected chi connectivity index (χ0v) is 10.2. The van der Waals surface area contributed by atoms with E-state index >= 15 is 0 Å². The number of aromatic nitrogens is 1. The van der Waals surface area contributed by atoms with Crippen molar-refractivity contribution in [1.29, 1.82) is 0 Å². The minimum absolute atomic E-state index is 0.0211. The Morgan fingerprint density at radius 1 is 1.30 bits per heavy atom. The average molecular weight is 274 g/mol. The highest BCUT2D eigenvalue weighted by Gasteiger charge is 2.11. The van der Waals surface area contributed by atoms with Crippen LogP contribution >= 0.6 is 0 Å². The molecule has 0 atom stereocenters. The zero-order valence-electron chi connectivity index (χ0n) is 10.2. The Balaban J connectivity index is 2.09. The lowest BCUT2D eigenvalue weighted by molar-refractivity contribution is -0.384. The highest BCUT2D eigenvalue weighted by atomic mass is 16.6. The summed E-state index contributed by atoms with van der Waals surface area (Å²) in [5.41, 5.74) is 0.317. The number of benzene rings is 1. The van der Waals surface area contributed by atoms with Gasteiger partial charge < -0.3 is 9.84 Å². The van der Waals surface area contributed by atoms with Crippen molar-refractivity contribution in [2.75, 3.05) is 0 Å². The predicted octanol–water partition coefficient (Wildman–Crippen LogP) is 2.27. The Labute approximate surface area is 113 Å². The maximum absolute atomic E-state index is 11.0. The molecule has 0 fully saturated rings. The first-order valence-electron chi connectivity index (χ1n) is 5.62. The van der Waals surface area contributed by atoms with Crippen LogP contribution in [0, 0.1) is 10.1 Å². The van der Waals surface area contributed by atoms with E-state index in [1.54, 1.807) is 12.1 Å².